The molecule has 1 aromatic carbocycles. The molecule has 24 heavy (non-hydrogen) atoms. The van der Waals surface area contributed by atoms with Crippen molar-refractivity contribution in [1.29, 1.82) is 0 Å². The van der Waals surface area contributed by atoms with E-state index >= 15 is 0 Å². The molecule has 0 saturated heterocycles. The second kappa shape index (κ2) is 7.23. The molecule has 0 aliphatic heterocycles. The zero-order valence-corrected chi connectivity index (χ0v) is 14.3. The first-order valence-corrected chi connectivity index (χ1v) is 8.29. The molecule has 0 radical (unpaired) electrons. The van der Waals surface area contributed by atoms with Crippen molar-refractivity contribution in [2.24, 2.45) is 0 Å². The van der Waals surface area contributed by atoms with Crippen molar-refractivity contribution in [3.8, 4) is 16.3 Å². The molecule has 0 unspecified atom stereocenters. The third kappa shape index (κ3) is 3.60. The Morgan fingerprint density at radius 3 is 2.67 bits per heavy atom. The Hall–Kier alpha value is -2.73. The molecule has 3 rings (SSSR count). The largest absolute Gasteiger partial charge is 0.497 e. The van der Waals surface area contributed by atoms with Crippen molar-refractivity contribution >= 4 is 17.2 Å². The molecule has 1 N–H and O–H groups in total. The second-order valence-electron chi connectivity index (χ2n) is 5.17. The molecule has 0 atom stereocenters. The summed E-state index contributed by atoms with van der Waals surface area (Å²) in [5.41, 5.74) is 2.51. The van der Waals surface area contributed by atoms with Crippen LogP contribution < -0.4 is 10.1 Å². The monoisotopic (exact) mass is 339 g/mol. The minimum atomic E-state index is -0.129. The highest BCUT2D eigenvalue weighted by Gasteiger charge is 2.16. The van der Waals surface area contributed by atoms with Gasteiger partial charge in [0.25, 0.3) is 5.91 Å². The van der Waals surface area contributed by atoms with E-state index in [-0.39, 0.29) is 5.91 Å². The average molecular weight is 339 g/mol. The van der Waals surface area contributed by atoms with E-state index in [0.29, 0.717) is 11.4 Å². The normalized spacial score (nSPS) is 10.4. The van der Waals surface area contributed by atoms with Crippen molar-refractivity contribution in [2.75, 3.05) is 7.11 Å². The number of pyridine rings is 1. The van der Waals surface area contributed by atoms with Crippen molar-refractivity contribution < 1.29 is 9.53 Å². The van der Waals surface area contributed by atoms with Crippen LogP contribution in [0.3, 0.4) is 0 Å². The van der Waals surface area contributed by atoms with Gasteiger partial charge < -0.3 is 10.1 Å². The lowest BCUT2D eigenvalue weighted by molar-refractivity contribution is 0.0953. The van der Waals surface area contributed by atoms with Crippen molar-refractivity contribution in [3.63, 3.8) is 0 Å². The number of carbonyl (C=O) groups is 1. The summed E-state index contributed by atoms with van der Waals surface area (Å²) in [5, 5.41) is 3.71. The van der Waals surface area contributed by atoms with Crippen LogP contribution in [0.5, 0.6) is 5.75 Å². The van der Waals surface area contributed by atoms with Gasteiger partial charge in [-0.1, -0.05) is 6.07 Å². The summed E-state index contributed by atoms with van der Waals surface area (Å²) in [6, 6.07) is 13.3. The lowest BCUT2D eigenvalue weighted by Crippen LogP contribution is -2.23. The lowest BCUT2D eigenvalue weighted by Gasteiger charge is -2.03. The number of aryl methyl sites for hydroxylation is 1. The van der Waals surface area contributed by atoms with E-state index in [1.54, 1.807) is 13.3 Å². The number of thiazole rings is 1. The Morgan fingerprint density at radius 2 is 2.00 bits per heavy atom. The second-order valence-corrected chi connectivity index (χ2v) is 6.16. The van der Waals surface area contributed by atoms with Crippen LogP contribution in [-0.4, -0.2) is 23.0 Å². The first-order valence-electron chi connectivity index (χ1n) is 7.47. The molecule has 2 heterocycles. The van der Waals surface area contributed by atoms with Crippen LogP contribution in [0.4, 0.5) is 0 Å². The maximum atomic E-state index is 12.4. The number of nitrogens with one attached hydrogen (secondary N) is 1. The van der Waals surface area contributed by atoms with Crippen LogP contribution in [0.1, 0.15) is 21.1 Å². The molecule has 2 aromatic heterocycles. The fraction of sp³-hybridized carbons (Fsp3) is 0.167. The van der Waals surface area contributed by atoms with Crippen LogP contribution in [0, 0.1) is 6.92 Å². The minimum absolute atomic E-state index is 0.129. The van der Waals surface area contributed by atoms with Crippen LogP contribution >= 0.6 is 11.3 Å². The number of hydrogen-bond donors (Lipinski definition) is 1. The third-order valence-electron chi connectivity index (χ3n) is 3.50. The number of benzene rings is 1. The summed E-state index contributed by atoms with van der Waals surface area (Å²) in [6.07, 6.45) is 1.71. The number of ether oxygens (including phenoxy) is 1. The van der Waals surface area contributed by atoms with Crippen LogP contribution in [0.15, 0.2) is 48.7 Å². The van der Waals surface area contributed by atoms with Crippen LogP contribution in [-0.2, 0) is 6.54 Å². The molecular formula is C18H17N3O2S. The third-order valence-corrected chi connectivity index (χ3v) is 4.70. The number of amides is 1. The number of hydrogen-bond acceptors (Lipinski definition) is 5. The molecule has 122 valence electrons. The topological polar surface area (TPSA) is 64.1 Å². The van der Waals surface area contributed by atoms with Gasteiger partial charge in [-0.15, -0.1) is 11.3 Å². The molecule has 0 saturated carbocycles. The number of carbonyl (C=O) groups excluding carboxylic acids is 1. The molecule has 0 spiro atoms. The van der Waals surface area contributed by atoms with E-state index in [4.69, 9.17) is 4.74 Å². The van der Waals surface area contributed by atoms with Gasteiger partial charge in [-0.25, -0.2) is 4.98 Å². The molecule has 0 aliphatic rings. The quantitative estimate of drug-likeness (QED) is 0.773. The summed E-state index contributed by atoms with van der Waals surface area (Å²) in [4.78, 5) is 21.7. The van der Waals surface area contributed by atoms with E-state index in [2.05, 4.69) is 15.3 Å². The highest BCUT2D eigenvalue weighted by Crippen LogP contribution is 2.29. The Bertz CT molecular complexity index is 829. The Labute approximate surface area is 144 Å². The fourth-order valence-corrected chi connectivity index (χ4v) is 3.21. The molecular weight excluding hydrogens is 322 g/mol. The summed E-state index contributed by atoms with van der Waals surface area (Å²) in [6.45, 7) is 2.24. The first kappa shape index (κ1) is 16.1. The van der Waals surface area contributed by atoms with Gasteiger partial charge in [0.05, 0.1) is 25.0 Å². The van der Waals surface area contributed by atoms with Gasteiger partial charge >= 0.3 is 0 Å². The standard InChI is InChI=1S/C18H17N3O2S/c1-12-16(17(22)20-11-14-5-3-4-10-19-14)24-18(21-12)13-6-8-15(23-2)9-7-13/h3-10H,11H2,1-2H3,(H,20,22). The summed E-state index contributed by atoms with van der Waals surface area (Å²) in [7, 11) is 1.63. The van der Waals surface area contributed by atoms with Gasteiger partial charge in [-0.3, -0.25) is 9.78 Å². The van der Waals surface area contributed by atoms with Gasteiger partial charge in [0, 0.05) is 11.8 Å². The van der Waals surface area contributed by atoms with E-state index < -0.39 is 0 Å². The van der Waals surface area contributed by atoms with E-state index in [1.807, 2.05) is 49.4 Å². The van der Waals surface area contributed by atoms with E-state index in [0.717, 1.165) is 27.7 Å². The highest BCUT2D eigenvalue weighted by atomic mass is 32.1. The molecule has 3 aromatic rings. The first-order chi connectivity index (χ1) is 11.7. The predicted octanol–water partition coefficient (Wildman–Crippen LogP) is 3.45. The van der Waals surface area contributed by atoms with Crippen molar-refractivity contribution in [3.05, 3.63) is 64.9 Å². The molecule has 1 amide bonds. The SMILES string of the molecule is COc1ccc(-c2nc(C)c(C(=O)NCc3ccccn3)s2)cc1. The van der Waals surface area contributed by atoms with E-state index in [1.165, 1.54) is 11.3 Å². The lowest BCUT2D eigenvalue weighted by atomic mass is 10.2. The maximum absolute atomic E-state index is 12.4. The number of methoxy groups -OCH3 is 1. The number of nitrogens with zero attached hydrogens (tertiary/aromatic N) is 2. The number of rotatable bonds is 5. The summed E-state index contributed by atoms with van der Waals surface area (Å²) in [5.74, 6) is 0.663. The van der Waals surface area contributed by atoms with Crippen molar-refractivity contribution in [2.45, 2.75) is 13.5 Å². The van der Waals surface area contributed by atoms with E-state index in [9.17, 15) is 4.79 Å². The van der Waals surface area contributed by atoms with Gasteiger partial charge in [0.2, 0.25) is 0 Å². The van der Waals surface area contributed by atoms with Gasteiger partial charge in [-0.05, 0) is 43.3 Å². The van der Waals surface area contributed by atoms with Gasteiger partial charge in [-0.2, -0.15) is 0 Å². The van der Waals surface area contributed by atoms with Crippen molar-refractivity contribution in [1.82, 2.24) is 15.3 Å². The highest BCUT2D eigenvalue weighted by molar-refractivity contribution is 7.17. The molecule has 5 nitrogen and oxygen atoms in total. The molecule has 0 bridgehead atoms. The van der Waals surface area contributed by atoms with Gasteiger partial charge in [0.15, 0.2) is 0 Å². The summed E-state index contributed by atoms with van der Waals surface area (Å²) >= 11 is 1.38. The van der Waals surface area contributed by atoms with Crippen LogP contribution in [0.2, 0.25) is 0 Å². The number of aromatic nitrogens is 2. The molecule has 6 heteroatoms. The molecule has 0 fully saturated rings. The van der Waals surface area contributed by atoms with Crippen LogP contribution in [0.25, 0.3) is 10.6 Å². The zero-order valence-electron chi connectivity index (χ0n) is 13.4. The Morgan fingerprint density at radius 1 is 1.21 bits per heavy atom. The Kier molecular flexibility index (Phi) is 4.86. The average Bonchev–Trinajstić information content (AvgIpc) is 3.02. The predicted molar refractivity (Wildman–Crippen MR) is 94.2 cm³/mol. The maximum Gasteiger partial charge on any atom is 0.263 e. The Balaban J connectivity index is 1.74. The van der Waals surface area contributed by atoms with Gasteiger partial charge in [0.1, 0.15) is 15.6 Å². The summed E-state index contributed by atoms with van der Waals surface area (Å²) < 4.78 is 5.16. The molecule has 0 aliphatic carbocycles. The zero-order chi connectivity index (χ0) is 16.9. The minimum Gasteiger partial charge on any atom is -0.497 e. The smallest absolute Gasteiger partial charge is 0.263 e. The fourth-order valence-electron chi connectivity index (χ4n) is 2.22.